The van der Waals surface area contributed by atoms with Gasteiger partial charge in [0.2, 0.25) is 15.9 Å². The van der Waals surface area contributed by atoms with Crippen LogP contribution in [0.15, 0.2) is 47.4 Å². The number of benzene rings is 2. The number of hydrogen-bond donors (Lipinski definition) is 1. The molecule has 0 radical (unpaired) electrons. The first kappa shape index (κ1) is 18.6. The first-order chi connectivity index (χ1) is 12.3. The van der Waals surface area contributed by atoms with Crippen LogP contribution in [0.3, 0.4) is 0 Å². The molecule has 6 heteroatoms. The minimum atomic E-state index is -3.64. The Bertz CT molecular complexity index is 921. The first-order valence-corrected chi connectivity index (χ1v) is 10.3. The zero-order valence-electron chi connectivity index (χ0n) is 15.3. The molecule has 138 valence electrons. The Kier molecular flexibility index (Phi) is 5.16. The summed E-state index contributed by atoms with van der Waals surface area (Å²) in [6.45, 7) is 6.56. The molecule has 1 aliphatic rings. The summed E-state index contributed by atoms with van der Waals surface area (Å²) in [5.41, 5.74) is 3.98. The van der Waals surface area contributed by atoms with Gasteiger partial charge in [-0.15, -0.1) is 0 Å². The van der Waals surface area contributed by atoms with E-state index in [4.69, 9.17) is 0 Å². The number of amides is 1. The summed E-state index contributed by atoms with van der Waals surface area (Å²) < 4.78 is 28.1. The number of carbonyl (C=O) groups excluding carboxylic acids is 1. The summed E-state index contributed by atoms with van der Waals surface area (Å²) in [5.74, 6) is 0.0853. The Morgan fingerprint density at radius 2 is 1.73 bits per heavy atom. The quantitative estimate of drug-likeness (QED) is 0.874. The molecule has 3 rings (SSSR count). The topological polar surface area (TPSA) is 66.5 Å². The molecule has 5 nitrogen and oxygen atoms in total. The van der Waals surface area contributed by atoms with Gasteiger partial charge in [-0.25, -0.2) is 13.1 Å². The highest BCUT2D eigenvalue weighted by atomic mass is 32.2. The lowest BCUT2D eigenvalue weighted by molar-refractivity contribution is -0.117. The van der Waals surface area contributed by atoms with Crippen molar-refractivity contribution in [1.82, 2.24) is 4.72 Å². The second-order valence-corrected chi connectivity index (χ2v) is 8.54. The molecule has 1 N–H and O–H groups in total. The molecule has 1 fully saturated rings. The fourth-order valence-electron chi connectivity index (χ4n) is 3.13. The lowest BCUT2D eigenvalue weighted by Gasteiger charge is -2.18. The van der Waals surface area contributed by atoms with Crippen LogP contribution in [-0.2, 0) is 14.8 Å². The average Bonchev–Trinajstić information content (AvgIpc) is 3.03. The van der Waals surface area contributed by atoms with Crippen LogP contribution in [0, 0.1) is 13.8 Å². The molecule has 1 unspecified atom stereocenters. The molecular weight excluding hydrogens is 348 g/mol. The van der Waals surface area contributed by atoms with Gasteiger partial charge in [0, 0.05) is 24.7 Å². The van der Waals surface area contributed by atoms with Gasteiger partial charge >= 0.3 is 0 Å². The SMILES string of the molecule is Cc1ccc(C(C)NS(=O)(=O)c2ccc(N3CCCC3=O)cc2)cc1C. The molecule has 1 amide bonds. The van der Waals surface area contributed by atoms with Gasteiger partial charge in [0.15, 0.2) is 0 Å². The second kappa shape index (κ2) is 7.21. The summed E-state index contributed by atoms with van der Waals surface area (Å²) in [5, 5.41) is 0. The number of anilines is 1. The Labute approximate surface area is 155 Å². The zero-order chi connectivity index (χ0) is 18.9. The van der Waals surface area contributed by atoms with E-state index < -0.39 is 10.0 Å². The molecule has 0 spiro atoms. The Hall–Kier alpha value is -2.18. The predicted octanol–water partition coefficient (Wildman–Crippen LogP) is 3.47. The highest BCUT2D eigenvalue weighted by Gasteiger charge is 2.23. The van der Waals surface area contributed by atoms with Crippen LogP contribution in [0.1, 0.15) is 42.5 Å². The molecule has 0 saturated carbocycles. The van der Waals surface area contributed by atoms with Crippen molar-refractivity contribution >= 4 is 21.6 Å². The van der Waals surface area contributed by atoms with Gasteiger partial charge in [0.1, 0.15) is 0 Å². The normalized spacial score (nSPS) is 16.1. The maximum Gasteiger partial charge on any atom is 0.241 e. The second-order valence-electron chi connectivity index (χ2n) is 6.83. The van der Waals surface area contributed by atoms with E-state index in [1.807, 2.05) is 39.0 Å². The molecule has 2 aromatic carbocycles. The molecule has 1 heterocycles. The Morgan fingerprint density at radius 1 is 1.04 bits per heavy atom. The van der Waals surface area contributed by atoms with Crippen molar-refractivity contribution in [1.29, 1.82) is 0 Å². The molecule has 1 atom stereocenters. The van der Waals surface area contributed by atoms with Gasteiger partial charge in [-0.1, -0.05) is 18.2 Å². The third kappa shape index (κ3) is 3.81. The van der Waals surface area contributed by atoms with Crippen molar-refractivity contribution < 1.29 is 13.2 Å². The monoisotopic (exact) mass is 372 g/mol. The van der Waals surface area contributed by atoms with Crippen LogP contribution in [0.5, 0.6) is 0 Å². The lowest BCUT2D eigenvalue weighted by atomic mass is 10.0. The van der Waals surface area contributed by atoms with Gasteiger partial charge < -0.3 is 4.90 Å². The maximum absolute atomic E-state index is 12.7. The summed E-state index contributed by atoms with van der Waals surface area (Å²) in [6.07, 6.45) is 1.39. The third-order valence-corrected chi connectivity index (χ3v) is 6.45. The van der Waals surface area contributed by atoms with Gasteiger partial charge in [-0.3, -0.25) is 4.79 Å². The molecular formula is C20H24N2O3S. The van der Waals surface area contributed by atoms with Gasteiger partial charge in [0.25, 0.3) is 0 Å². The fraction of sp³-hybridized carbons (Fsp3) is 0.350. The molecule has 0 bridgehead atoms. The number of aryl methyl sites for hydroxylation is 2. The molecule has 0 aromatic heterocycles. The van der Waals surface area contributed by atoms with E-state index in [1.165, 1.54) is 5.56 Å². The Morgan fingerprint density at radius 3 is 2.31 bits per heavy atom. The van der Waals surface area contributed by atoms with Crippen LogP contribution in [0.2, 0.25) is 0 Å². The first-order valence-electron chi connectivity index (χ1n) is 8.78. The number of carbonyl (C=O) groups is 1. The largest absolute Gasteiger partial charge is 0.312 e. The average molecular weight is 372 g/mol. The van der Waals surface area contributed by atoms with Crippen molar-refractivity contribution in [3.63, 3.8) is 0 Å². The van der Waals surface area contributed by atoms with Gasteiger partial charge in [-0.2, -0.15) is 0 Å². The van der Waals surface area contributed by atoms with E-state index in [9.17, 15) is 13.2 Å². The summed E-state index contributed by atoms with van der Waals surface area (Å²) in [6, 6.07) is 12.1. The van der Waals surface area contributed by atoms with Crippen LogP contribution < -0.4 is 9.62 Å². The van der Waals surface area contributed by atoms with Crippen molar-refractivity contribution in [3.8, 4) is 0 Å². The number of rotatable bonds is 5. The maximum atomic E-state index is 12.7. The van der Waals surface area contributed by atoms with E-state index in [1.54, 1.807) is 29.2 Å². The molecule has 26 heavy (non-hydrogen) atoms. The molecule has 0 aliphatic carbocycles. The van der Waals surface area contributed by atoms with Gasteiger partial charge in [-0.05, 0) is 68.1 Å². The highest BCUT2D eigenvalue weighted by molar-refractivity contribution is 7.89. The van der Waals surface area contributed by atoms with Crippen molar-refractivity contribution in [2.45, 2.75) is 44.6 Å². The number of nitrogens with one attached hydrogen (secondary N) is 1. The number of sulfonamides is 1. The van der Waals surface area contributed by atoms with Crippen LogP contribution in [0.4, 0.5) is 5.69 Å². The van der Waals surface area contributed by atoms with Crippen LogP contribution in [-0.4, -0.2) is 20.9 Å². The van der Waals surface area contributed by atoms with Crippen LogP contribution in [0.25, 0.3) is 0 Å². The summed E-state index contributed by atoms with van der Waals surface area (Å²) in [4.78, 5) is 13.7. The lowest BCUT2D eigenvalue weighted by Crippen LogP contribution is -2.27. The summed E-state index contributed by atoms with van der Waals surface area (Å²) in [7, 11) is -3.64. The minimum Gasteiger partial charge on any atom is -0.312 e. The molecule has 1 aliphatic heterocycles. The van der Waals surface area contributed by atoms with Crippen molar-refractivity contribution in [3.05, 3.63) is 59.2 Å². The standard InChI is InChI=1S/C20H24N2O3S/c1-14-6-7-17(13-15(14)2)16(3)21-26(24,25)19-10-8-18(9-11-19)22-12-4-5-20(22)23/h6-11,13,16,21H,4-5,12H2,1-3H3. The van der Waals surface area contributed by atoms with E-state index in [2.05, 4.69) is 4.72 Å². The third-order valence-electron chi connectivity index (χ3n) is 4.90. The van der Waals surface area contributed by atoms with Gasteiger partial charge in [0.05, 0.1) is 4.90 Å². The van der Waals surface area contributed by atoms with Crippen LogP contribution >= 0.6 is 0 Å². The van der Waals surface area contributed by atoms with E-state index in [-0.39, 0.29) is 16.8 Å². The van der Waals surface area contributed by atoms with E-state index in [0.717, 1.165) is 23.2 Å². The summed E-state index contributed by atoms with van der Waals surface area (Å²) >= 11 is 0. The van der Waals surface area contributed by atoms with E-state index in [0.29, 0.717) is 13.0 Å². The van der Waals surface area contributed by atoms with Crippen molar-refractivity contribution in [2.75, 3.05) is 11.4 Å². The smallest absolute Gasteiger partial charge is 0.241 e. The molecule has 2 aromatic rings. The highest BCUT2D eigenvalue weighted by Crippen LogP contribution is 2.24. The molecule has 1 saturated heterocycles. The zero-order valence-corrected chi connectivity index (χ0v) is 16.1. The van der Waals surface area contributed by atoms with Crippen molar-refractivity contribution in [2.24, 2.45) is 0 Å². The predicted molar refractivity (Wildman–Crippen MR) is 103 cm³/mol. The number of nitrogens with zero attached hydrogens (tertiary/aromatic N) is 1. The van der Waals surface area contributed by atoms with E-state index >= 15 is 0 Å². The number of hydrogen-bond acceptors (Lipinski definition) is 3. The fourth-order valence-corrected chi connectivity index (χ4v) is 4.36. The minimum absolute atomic E-state index is 0.0853. The Balaban J connectivity index is 1.77.